The largest absolute Gasteiger partial charge is 0.543 e. The molecule has 0 bridgehead atoms. The molecule has 0 saturated heterocycles. The molecule has 0 aliphatic rings. The lowest BCUT2D eigenvalue weighted by molar-refractivity contribution is -0.255. The Morgan fingerprint density at radius 2 is 1.76 bits per heavy atom. The van der Waals surface area contributed by atoms with Gasteiger partial charge in [-0.15, -0.1) is 0 Å². The summed E-state index contributed by atoms with van der Waals surface area (Å²) in [6, 6.07) is 13.9. The van der Waals surface area contributed by atoms with Crippen LogP contribution < -0.4 is 16.2 Å². The van der Waals surface area contributed by atoms with Crippen molar-refractivity contribution >= 4 is 34.2 Å². The first-order valence-corrected chi connectivity index (χ1v) is 6.24. The van der Waals surface area contributed by atoms with Crippen molar-refractivity contribution in [2.24, 2.45) is 0 Å². The number of aromatic carboxylic acids is 1. The summed E-state index contributed by atoms with van der Waals surface area (Å²) >= 11 is 0. The quantitative estimate of drug-likeness (QED) is 0.701. The number of carbonyl (C=O) groups excluding carboxylic acids is 1. The molecule has 0 atom stereocenters. The van der Waals surface area contributed by atoms with Crippen LogP contribution in [-0.2, 0) is 0 Å². The molecule has 6 heteroatoms. The summed E-state index contributed by atoms with van der Waals surface area (Å²) in [6.07, 6.45) is 0. The number of nitrogen functional groups attached to an aromatic ring is 1. The second kappa shape index (κ2) is 5.09. The Labute approximate surface area is 120 Å². The van der Waals surface area contributed by atoms with Crippen LogP contribution in [0, 0.1) is 0 Å². The normalized spacial score (nSPS) is 10.5. The molecule has 0 aliphatic carbocycles. The van der Waals surface area contributed by atoms with Gasteiger partial charge in [0.05, 0.1) is 17.0 Å². The molecule has 0 spiro atoms. The lowest BCUT2D eigenvalue weighted by Crippen LogP contribution is -2.25. The first kappa shape index (κ1) is 12.9. The van der Waals surface area contributed by atoms with Gasteiger partial charge in [-0.2, -0.15) is 0 Å². The van der Waals surface area contributed by atoms with Crippen LogP contribution in [0.15, 0.2) is 48.5 Å². The summed E-state index contributed by atoms with van der Waals surface area (Å²) in [5.41, 5.74) is 7.73. The Hall–Kier alpha value is -3.15. The molecule has 104 valence electrons. The molecule has 3 rings (SSSR count). The molecule has 1 aromatic heterocycles. The van der Waals surface area contributed by atoms with Crippen molar-refractivity contribution in [3.63, 3.8) is 0 Å². The number of para-hydroxylation sites is 2. The van der Waals surface area contributed by atoms with Gasteiger partial charge in [0.15, 0.2) is 5.82 Å². The molecule has 0 saturated carbocycles. The zero-order valence-electron chi connectivity index (χ0n) is 10.9. The van der Waals surface area contributed by atoms with E-state index in [9.17, 15) is 9.90 Å². The SMILES string of the molecule is Nc1cccc(Nc2nc3ccccc3nc2C(=O)[O-])c1. The molecule has 2 aromatic carbocycles. The van der Waals surface area contributed by atoms with Crippen LogP contribution in [0.2, 0.25) is 0 Å². The van der Waals surface area contributed by atoms with Gasteiger partial charge in [0.2, 0.25) is 0 Å². The smallest absolute Gasteiger partial charge is 0.159 e. The van der Waals surface area contributed by atoms with Crippen LogP contribution in [0.3, 0.4) is 0 Å². The zero-order chi connectivity index (χ0) is 14.8. The predicted molar refractivity (Wildman–Crippen MR) is 78.0 cm³/mol. The highest BCUT2D eigenvalue weighted by atomic mass is 16.4. The number of fused-ring (bicyclic) bond motifs is 1. The van der Waals surface area contributed by atoms with E-state index in [-0.39, 0.29) is 11.5 Å². The highest BCUT2D eigenvalue weighted by molar-refractivity contribution is 5.93. The van der Waals surface area contributed by atoms with Crippen LogP contribution in [0.1, 0.15) is 10.5 Å². The highest BCUT2D eigenvalue weighted by Gasteiger charge is 2.10. The van der Waals surface area contributed by atoms with Gasteiger partial charge >= 0.3 is 0 Å². The monoisotopic (exact) mass is 279 g/mol. The molecule has 0 unspecified atom stereocenters. The number of anilines is 3. The molecule has 0 amide bonds. The number of rotatable bonds is 3. The van der Waals surface area contributed by atoms with Crippen molar-refractivity contribution in [2.75, 3.05) is 11.1 Å². The van der Waals surface area contributed by atoms with E-state index in [0.29, 0.717) is 22.4 Å². The summed E-state index contributed by atoms with van der Waals surface area (Å²) in [4.78, 5) is 19.6. The average molecular weight is 279 g/mol. The van der Waals surface area contributed by atoms with Crippen molar-refractivity contribution < 1.29 is 9.90 Å². The molecular formula is C15H11N4O2-. The van der Waals surface area contributed by atoms with Gasteiger partial charge in [0, 0.05) is 11.4 Å². The minimum Gasteiger partial charge on any atom is -0.543 e. The molecule has 1 heterocycles. The first-order chi connectivity index (χ1) is 10.1. The lowest BCUT2D eigenvalue weighted by Gasteiger charge is -2.12. The Bertz CT molecular complexity index is 833. The molecule has 0 radical (unpaired) electrons. The number of hydrogen-bond donors (Lipinski definition) is 2. The fraction of sp³-hybridized carbons (Fsp3) is 0. The molecular weight excluding hydrogens is 268 g/mol. The standard InChI is InChI=1S/C15H12N4O2/c16-9-4-3-5-10(8-9)17-14-13(15(20)21)18-11-6-1-2-7-12(11)19-14/h1-8H,16H2,(H,17,19)(H,20,21)/p-1. The third-order valence-electron chi connectivity index (χ3n) is 2.91. The Morgan fingerprint density at radius 3 is 2.43 bits per heavy atom. The van der Waals surface area contributed by atoms with E-state index in [1.807, 2.05) is 0 Å². The van der Waals surface area contributed by atoms with E-state index in [2.05, 4.69) is 15.3 Å². The molecule has 6 nitrogen and oxygen atoms in total. The molecule has 3 aromatic rings. The van der Waals surface area contributed by atoms with E-state index < -0.39 is 5.97 Å². The summed E-state index contributed by atoms with van der Waals surface area (Å²) in [5.74, 6) is -1.26. The summed E-state index contributed by atoms with van der Waals surface area (Å²) in [7, 11) is 0. The number of carbonyl (C=O) groups is 1. The van der Waals surface area contributed by atoms with Crippen molar-refractivity contribution in [3.05, 3.63) is 54.2 Å². The second-order valence-electron chi connectivity index (χ2n) is 4.45. The number of nitrogens with zero attached hydrogens (tertiary/aromatic N) is 2. The number of hydrogen-bond acceptors (Lipinski definition) is 6. The number of nitrogens with one attached hydrogen (secondary N) is 1. The minimum absolute atomic E-state index is 0.124. The first-order valence-electron chi connectivity index (χ1n) is 6.24. The third kappa shape index (κ3) is 2.59. The van der Waals surface area contributed by atoms with Gasteiger partial charge in [0.25, 0.3) is 0 Å². The maximum Gasteiger partial charge on any atom is 0.159 e. The summed E-state index contributed by atoms with van der Waals surface area (Å²) in [6.45, 7) is 0. The van der Waals surface area contributed by atoms with Crippen molar-refractivity contribution in [1.82, 2.24) is 9.97 Å². The van der Waals surface area contributed by atoms with Gasteiger partial charge in [-0.25, -0.2) is 9.97 Å². The minimum atomic E-state index is -1.39. The highest BCUT2D eigenvalue weighted by Crippen LogP contribution is 2.21. The van der Waals surface area contributed by atoms with Crippen molar-refractivity contribution in [3.8, 4) is 0 Å². The molecule has 3 N–H and O–H groups in total. The number of aromatic nitrogens is 2. The Morgan fingerprint density at radius 1 is 1.05 bits per heavy atom. The van der Waals surface area contributed by atoms with Crippen LogP contribution >= 0.6 is 0 Å². The second-order valence-corrected chi connectivity index (χ2v) is 4.45. The average Bonchev–Trinajstić information content (AvgIpc) is 2.46. The van der Waals surface area contributed by atoms with E-state index >= 15 is 0 Å². The number of carboxylic acid groups (broad SMARTS) is 1. The maximum atomic E-state index is 11.2. The molecule has 0 aliphatic heterocycles. The summed E-state index contributed by atoms with van der Waals surface area (Å²) in [5, 5.41) is 14.2. The summed E-state index contributed by atoms with van der Waals surface area (Å²) < 4.78 is 0. The maximum absolute atomic E-state index is 11.2. The number of nitrogens with two attached hydrogens (primary N) is 1. The van der Waals surface area contributed by atoms with Crippen LogP contribution in [-0.4, -0.2) is 15.9 Å². The van der Waals surface area contributed by atoms with Crippen LogP contribution in [0.4, 0.5) is 17.2 Å². The molecule has 21 heavy (non-hydrogen) atoms. The van der Waals surface area contributed by atoms with E-state index in [4.69, 9.17) is 5.73 Å². The van der Waals surface area contributed by atoms with Crippen molar-refractivity contribution in [2.45, 2.75) is 0 Å². The molecule has 0 fully saturated rings. The number of benzene rings is 2. The van der Waals surface area contributed by atoms with E-state index in [1.54, 1.807) is 48.5 Å². The Balaban J connectivity index is 2.11. The van der Waals surface area contributed by atoms with E-state index in [0.717, 1.165) is 0 Å². The fourth-order valence-electron chi connectivity index (χ4n) is 1.98. The van der Waals surface area contributed by atoms with Gasteiger partial charge in [-0.05, 0) is 30.3 Å². The van der Waals surface area contributed by atoms with Gasteiger partial charge < -0.3 is 21.0 Å². The predicted octanol–water partition coefficient (Wildman–Crippen LogP) is 1.32. The lowest BCUT2D eigenvalue weighted by atomic mass is 10.2. The van der Waals surface area contributed by atoms with Crippen molar-refractivity contribution in [1.29, 1.82) is 0 Å². The van der Waals surface area contributed by atoms with Gasteiger partial charge in [-0.3, -0.25) is 0 Å². The zero-order valence-corrected chi connectivity index (χ0v) is 10.9. The topological polar surface area (TPSA) is 104 Å². The third-order valence-corrected chi connectivity index (χ3v) is 2.91. The van der Waals surface area contributed by atoms with Crippen LogP contribution in [0.5, 0.6) is 0 Å². The van der Waals surface area contributed by atoms with Gasteiger partial charge in [0.1, 0.15) is 5.69 Å². The van der Waals surface area contributed by atoms with Crippen LogP contribution in [0.25, 0.3) is 11.0 Å². The van der Waals surface area contributed by atoms with Gasteiger partial charge in [-0.1, -0.05) is 18.2 Å². The number of carboxylic acids is 1. The van der Waals surface area contributed by atoms with E-state index in [1.165, 1.54) is 0 Å². The fourth-order valence-corrected chi connectivity index (χ4v) is 1.98. The Kier molecular flexibility index (Phi) is 3.12.